The number of nitrogens with zero attached hydrogens (tertiary/aromatic N) is 2. The SMILES string of the molecule is CCOC(=O)c1oc2c(c1C)-c1nn(C[C@H]3COCCO3)cc1C(C(F)(F)F)C2. The van der Waals surface area contributed by atoms with Crippen molar-refractivity contribution in [2.45, 2.75) is 45.0 Å². The third-order valence-corrected chi connectivity index (χ3v) is 5.14. The zero-order valence-electron chi connectivity index (χ0n) is 16.0. The van der Waals surface area contributed by atoms with E-state index >= 15 is 0 Å². The number of furan rings is 1. The normalized spacial score (nSPS) is 21.6. The molecule has 1 unspecified atom stereocenters. The highest BCUT2D eigenvalue weighted by Gasteiger charge is 2.48. The molecule has 1 fully saturated rings. The van der Waals surface area contributed by atoms with Crippen molar-refractivity contribution in [3.63, 3.8) is 0 Å². The molecule has 2 aromatic heterocycles. The Bertz CT molecular complexity index is 912. The summed E-state index contributed by atoms with van der Waals surface area (Å²) in [5, 5.41) is 4.40. The van der Waals surface area contributed by atoms with Gasteiger partial charge in [0.1, 0.15) is 11.9 Å². The minimum Gasteiger partial charge on any atom is -0.460 e. The predicted octanol–water partition coefficient (Wildman–Crippen LogP) is 3.25. The first-order valence-corrected chi connectivity index (χ1v) is 9.42. The van der Waals surface area contributed by atoms with E-state index in [1.165, 1.54) is 10.9 Å². The second-order valence-corrected chi connectivity index (χ2v) is 7.10. The van der Waals surface area contributed by atoms with Gasteiger partial charge < -0.3 is 18.6 Å². The van der Waals surface area contributed by atoms with E-state index in [0.29, 0.717) is 30.9 Å². The molecule has 0 bridgehead atoms. The Morgan fingerprint density at radius 1 is 1.38 bits per heavy atom. The van der Waals surface area contributed by atoms with Crippen molar-refractivity contribution in [2.24, 2.45) is 0 Å². The molecule has 158 valence electrons. The first-order valence-electron chi connectivity index (χ1n) is 9.42. The van der Waals surface area contributed by atoms with Gasteiger partial charge in [-0.2, -0.15) is 18.3 Å². The van der Waals surface area contributed by atoms with Gasteiger partial charge >= 0.3 is 12.1 Å². The smallest absolute Gasteiger partial charge is 0.396 e. The number of alkyl halides is 3. The van der Waals surface area contributed by atoms with Gasteiger partial charge in [0.2, 0.25) is 5.76 Å². The molecule has 7 nitrogen and oxygen atoms in total. The second-order valence-electron chi connectivity index (χ2n) is 7.10. The number of rotatable bonds is 4. The molecule has 0 aromatic carbocycles. The Balaban J connectivity index is 1.75. The molecule has 1 aliphatic heterocycles. The number of ether oxygens (including phenoxy) is 3. The van der Waals surface area contributed by atoms with Crippen molar-refractivity contribution in [3.8, 4) is 11.3 Å². The van der Waals surface area contributed by atoms with Crippen LogP contribution in [0, 0.1) is 6.92 Å². The van der Waals surface area contributed by atoms with E-state index in [-0.39, 0.29) is 48.5 Å². The Morgan fingerprint density at radius 2 is 2.17 bits per heavy atom. The van der Waals surface area contributed by atoms with Crippen LogP contribution in [0.25, 0.3) is 11.3 Å². The Hall–Kier alpha value is -2.33. The van der Waals surface area contributed by atoms with Crippen LogP contribution in [-0.4, -0.2) is 54.5 Å². The van der Waals surface area contributed by atoms with Crippen molar-refractivity contribution < 1.29 is 36.6 Å². The van der Waals surface area contributed by atoms with E-state index in [2.05, 4.69) is 5.10 Å². The first kappa shape index (κ1) is 20.0. The largest absolute Gasteiger partial charge is 0.460 e. The minimum atomic E-state index is -4.48. The quantitative estimate of drug-likeness (QED) is 0.715. The summed E-state index contributed by atoms with van der Waals surface area (Å²) in [4.78, 5) is 12.1. The third-order valence-electron chi connectivity index (χ3n) is 5.14. The number of carbonyl (C=O) groups excluding carboxylic acids is 1. The molecule has 2 atom stereocenters. The fraction of sp³-hybridized carbons (Fsp3) is 0.579. The third kappa shape index (κ3) is 3.66. The summed E-state index contributed by atoms with van der Waals surface area (Å²) in [6, 6.07) is 0. The van der Waals surface area contributed by atoms with Gasteiger partial charge in [-0.3, -0.25) is 4.68 Å². The zero-order chi connectivity index (χ0) is 20.8. The van der Waals surface area contributed by atoms with Gasteiger partial charge in [-0.15, -0.1) is 0 Å². The number of carbonyl (C=O) groups is 1. The van der Waals surface area contributed by atoms with Gasteiger partial charge in [-0.1, -0.05) is 0 Å². The standard InChI is InChI=1S/C19H21F3N2O5/c1-3-27-18(25)17-10(2)15-14(29-17)6-13(19(20,21)22)12-8-24(23-16(12)15)7-11-9-26-4-5-28-11/h8,11,13H,3-7,9H2,1-2H3/t11-,13?/m0/s1. The Labute approximate surface area is 164 Å². The van der Waals surface area contributed by atoms with Gasteiger partial charge in [0.05, 0.1) is 44.6 Å². The molecule has 1 aliphatic carbocycles. The van der Waals surface area contributed by atoms with Crippen molar-refractivity contribution in [2.75, 3.05) is 26.4 Å². The Kier molecular flexibility index (Phi) is 5.16. The maximum absolute atomic E-state index is 13.8. The van der Waals surface area contributed by atoms with Gasteiger partial charge in [0.25, 0.3) is 0 Å². The van der Waals surface area contributed by atoms with E-state index < -0.39 is 18.1 Å². The molecular formula is C19H21F3N2O5. The lowest BCUT2D eigenvalue weighted by atomic mass is 9.84. The highest BCUT2D eigenvalue weighted by atomic mass is 19.4. The molecule has 29 heavy (non-hydrogen) atoms. The van der Waals surface area contributed by atoms with E-state index in [0.717, 1.165) is 0 Å². The number of aromatic nitrogens is 2. The number of hydrogen-bond acceptors (Lipinski definition) is 6. The van der Waals surface area contributed by atoms with Crippen molar-refractivity contribution in [1.29, 1.82) is 0 Å². The van der Waals surface area contributed by atoms with Gasteiger partial charge in [-0.05, 0) is 13.8 Å². The average Bonchev–Trinajstić information content (AvgIpc) is 3.22. The van der Waals surface area contributed by atoms with E-state index in [9.17, 15) is 18.0 Å². The molecule has 0 amide bonds. The van der Waals surface area contributed by atoms with Crippen LogP contribution in [0.2, 0.25) is 0 Å². The van der Waals surface area contributed by atoms with Gasteiger partial charge in [0, 0.05) is 29.3 Å². The van der Waals surface area contributed by atoms with Crippen LogP contribution < -0.4 is 0 Å². The molecular weight excluding hydrogens is 393 g/mol. The lowest BCUT2D eigenvalue weighted by Gasteiger charge is -2.23. The molecule has 0 radical (unpaired) electrons. The van der Waals surface area contributed by atoms with E-state index in [1.54, 1.807) is 13.8 Å². The molecule has 2 aromatic rings. The molecule has 10 heteroatoms. The monoisotopic (exact) mass is 414 g/mol. The van der Waals surface area contributed by atoms with Crippen LogP contribution in [0.3, 0.4) is 0 Å². The number of hydrogen-bond donors (Lipinski definition) is 0. The summed E-state index contributed by atoms with van der Waals surface area (Å²) in [6.07, 6.45) is -3.74. The second kappa shape index (κ2) is 7.49. The van der Waals surface area contributed by atoms with Crippen molar-refractivity contribution in [1.82, 2.24) is 9.78 Å². The number of esters is 1. The van der Waals surface area contributed by atoms with Crippen molar-refractivity contribution in [3.05, 3.63) is 28.8 Å². The summed E-state index contributed by atoms with van der Waals surface area (Å²) in [5.74, 6) is -2.44. The molecule has 3 heterocycles. The maximum Gasteiger partial charge on any atom is 0.396 e. The maximum atomic E-state index is 13.8. The predicted molar refractivity (Wildman–Crippen MR) is 93.7 cm³/mol. The van der Waals surface area contributed by atoms with E-state index in [4.69, 9.17) is 18.6 Å². The topological polar surface area (TPSA) is 75.7 Å². The summed E-state index contributed by atoms with van der Waals surface area (Å²) < 4.78 is 64.1. The fourth-order valence-electron chi connectivity index (χ4n) is 3.84. The van der Waals surface area contributed by atoms with Crippen LogP contribution in [0.1, 0.15) is 40.3 Å². The van der Waals surface area contributed by atoms with Crippen molar-refractivity contribution >= 4 is 5.97 Å². The van der Waals surface area contributed by atoms with Gasteiger partial charge in [0.15, 0.2) is 0 Å². The lowest BCUT2D eigenvalue weighted by Crippen LogP contribution is -2.32. The molecule has 0 N–H and O–H groups in total. The van der Waals surface area contributed by atoms with Crippen LogP contribution in [0.15, 0.2) is 10.6 Å². The fourth-order valence-corrected chi connectivity index (χ4v) is 3.84. The minimum absolute atomic E-state index is 0.0704. The summed E-state index contributed by atoms with van der Waals surface area (Å²) >= 11 is 0. The average molecular weight is 414 g/mol. The molecule has 1 saturated heterocycles. The zero-order valence-corrected chi connectivity index (χ0v) is 16.0. The molecule has 0 spiro atoms. The van der Waals surface area contributed by atoms with Crippen LogP contribution in [-0.2, 0) is 27.2 Å². The van der Waals surface area contributed by atoms with Crippen LogP contribution >= 0.6 is 0 Å². The van der Waals surface area contributed by atoms with E-state index in [1.807, 2.05) is 0 Å². The number of halogens is 3. The first-order chi connectivity index (χ1) is 13.8. The summed E-state index contributed by atoms with van der Waals surface area (Å²) in [5.41, 5.74) is 1.12. The number of fused-ring (bicyclic) bond motifs is 3. The van der Waals surface area contributed by atoms with Crippen LogP contribution in [0.5, 0.6) is 0 Å². The summed E-state index contributed by atoms with van der Waals surface area (Å²) in [7, 11) is 0. The molecule has 2 aliphatic rings. The highest BCUT2D eigenvalue weighted by molar-refractivity contribution is 5.91. The molecule has 0 saturated carbocycles. The molecule has 4 rings (SSSR count). The highest BCUT2D eigenvalue weighted by Crippen LogP contribution is 2.48. The Morgan fingerprint density at radius 3 is 2.83 bits per heavy atom. The van der Waals surface area contributed by atoms with Crippen LogP contribution in [0.4, 0.5) is 13.2 Å². The summed E-state index contributed by atoms with van der Waals surface area (Å²) in [6.45, 7) is 4.97. The van der Waals surface area contributed by atoms with Gasteiger partial charge in [-0.25, -0.2) is 4.79 Å². The lowest BCUT2D eigenvalue weighted by molar-refractivity contribution is -0.151.